The monoisotopic (exact) mass is 838 g/mol. The molecule has 0 spiro atoms. The van der Waals surface area contributed by atoms with Gasteiger partial charge in [-0.05, 0) is 145 Å². The molecule has 0 fully saturated rings. The van der Waals surface area contributed by atoms with Gasteiger partial charge in [0.1, 0.15) is 0 Å². The lowest BCUT2D eigenvalue weighted by atomic mass is 9.80. The molecular formula is C54H63N9. The highest BCUT2D eigenvalue weighted by molar-refractivity contribution is 5.53. The number of rotatable bonds is 24. The maximum atomic E-state index is 4.75. The predicted molar refractivity (Wildman–Crippen MR) is 253 cm³/mol. The van der Waals surface area contributed by atoms with Crippen LogP contribution in [0, 0.1) is 0 Å². The van der Waals surface area contributed by atoms with Crippen molar-refractivity contribution in [2.45, 2.75) is 98.6 Å². The van der Waals surface area contributed by atoms with Crippen molar-refractivity contribution in [3.05, 3.63) is 214 Å². The third kappa shape index (κ3) is 13.3. The standard InChI is InChI=1S/C54H63N9/c1-4-49-52(25-34-61(37-43-19-7-13-28-55-43)38-44-20-8-14-29-56-44)50(5-2)54(27-36-63(41-47-23-11-17-32-59-47)42-48-24-12-18-33-60-48)51(6-3)53(49)26-35-62(39-45-21-9-15-30-57-45)40-46-22-10-16-31-58-46/h7-24,28-33H,4-6,25-27,34-42H2,1-3H3. The lowest BCUT2D eigenvalue weighted by Crippen LogP contribution is -2.29. The first-order valence-corrected chi connectivity index (χ1v) is 22.8. The number of pyridine rings is 6. The average Bonchev–Trinajstić information content (AvgIpc) is 3.33. The van der Waals surface area contributed by atoms with Crippen LogP contribution < -0.4 is 0 Å². The van der Waals surface area contributed by atoms with Crippen LogP contribution in [0.15, 0.2) is 146 Å². The van der Waals surface area contributed by atoms with E-state index in [0.29, 0.717) is 0 Å². The summed E-state index contributed by atoms with van der Waals surface area (Å²) in [6.07, 6.45) is 17.2. The van der Waals surface area contributed by atoms with E-state index in [0.717, 1.165) is 132 Å². The molecule has 0 aliphatic carbocycles. The van der Waals surface area contributed by atoms with Crippen molar-refractivity contribution in [3.8, 4) is 0 Å². The van der Waals surface area contributed by atoms with Gasteiger partial charge >= 0.3 is 0 Å². The van der Waals surface area contributed by atoms with Crippen molar-refractivity contribution in [2.24, 2.45) is 0 Å². The van der Waals surface area contributed by atoms with Gasteiger partial charge in [0, 0.05) is 96.1 Å². The molecule has 0 aliphatic rings. The van der Waals surface area contributed by atoms with Crippen molar-refractivity contribution >= 4 is 0 Å². The van der Waals surface area contributed by atoms with Gasteiger partial charge in [-0.15, -0.1) is 0 Å². The van der Waals surface area contributed by atoms with E-state index in [1.807, 2.05) is 73.6 Å². The summed E-state index contributed by atoms with van der Waals surface area (Å²) in [6, 6.07) is 37.3. The molecule has 6 aromatic heterocycles. The van der Waals surface area contributed by atoms with Gasteiger partial charge in [-0.3, -0.25) is 44.6 Å². The highest BCUT2D eigenvalue weighted by Crippen LogP contribution is 2.33. The molecule has 0 saturated heterocycles. The van der Waals surface area contributed by atoms with E-state index in [4.69, 9.17) is 29.9 Å². The summed E-state index contributed by atoms with van der Waals surface area (Å²) in [4.78, 5) is 36.1. The summed E-state index contributed by atoms with van der Waals surface area (Å²) < 4.78 is 0. The Morgan fingerprint density at radius 3 is 0.651 bits per heavy atom. The Bertz CT molecular complexity index is 1950. The van der Waals surface area contributed by atoms with Gasteiger partial charge in [-0.25, -0.2) is 0 Å². The van der Waals surface area contributed by atoms with Crippen molar-refractivity contribution < 1.29 is 0 Å². The van der Waals surface area contributed by atoms with E-state index in [1.54, 1.807) is 0 Å². The third-order valence-corrected chi connectivity index (χ3v) is 12.0. The molecule has 0 amide bonds. The summed E-state index contributed by atoms with van der Waals surface area (Å²) >= 11 is 0. The van der Waals surface area contributed by atoms with Crippen LogP contribution in [0.5, 0.6) is 0 Å². The minimum atomic E-state index is 0.763. The summed E-state index contributed by atoms with van der Waals surface area (Å²) in [7, 11) is 0. The van der Waals surface area contributed by atoms with E-state index in [2.05, 4.69) is 108 Å². The molecule has 9 nitrogen and oxygen atoms in total. The SMILES string of the molecule is CCc1c(CCN(Cc2ccccn2)Cc2ccccn2)c(CC)c(CCN(Cc2ccccn2)Cc2ccccn2)c(CC)c1CCN(Cc1ccccn1)Cc1ccccn1. The Kier molecular flexibility index (Phi) is 17.2. The topological polar surface area (TPSA) is 87.1 Å². The molecule has 0 radical (unpaired) electrons. The van der Waals surface area contributed by atoms with Crippen molar-refractivity contribution in [1.29, 1.82) is 0 Å². The lowest BCUT2D eigenvalue weighted by Gasteiger charge is -2.30. The Morgan fingerprint density at radius 2 is 0.492 bits per heavy atom. The number of benzene rings is 1. The van der Waals surface area contributed by atoms with Crippen LogP contribution in [-0.2, 0) is 77.8 Å². The van der Waals surface area contributed by atoms with Gasteiger partial charge in [0.15, 0.2) is 0 Å². The zero-order valence-electron chi connectivity index (χ0n) is 37.5. The molecule has 0 N–H and O–H groups in total. The fourth-order valence-electron chi connectivity index (χ4n) is 9.05. The quantitative estimate of drug-likeness (QED) is 0.0591. The molecule has 324 valence electrons. The Hall–Kier alpha value is -6.00. The smallest absolute Gasteiger partial charge is 0.0544 e. The van der Waals surface area contributed by atoms with Crippen LogP contribution in [0.25, 0.3) is 0 Å². The van der Waals surface area contributed by atoms with E-state index >= 15 is 0 Å². The zero-order chi connectivity index (χ0) is 43.5. The normalized spacial score (nSPS) is 11.5. The first-order chi connectivity index (χ1) is 31.1. The highest BCUT2D eigenvalue weighted by atomic mass is 15.1. The fourth-order valence-corrected chi connectivity index (χ4v) is 9.05. The highest BCUT2D eigenvalue weighted by Gasteiger charge is 2.24. The van der Waals surface area contributed by atoms with Crippen LogP contribution in [0.3, 0.4) is 0 Å². The van der Waals surface area contributed by atoms with E-state index < -0.39 is 0 Å². The molecule has 0 unspecified atom stereocenters. The summed E-state index contributed by atoms with van der Waals surface area (Å²) in [5.41, 5.74) is 15.6. The van der Waals surface area contributed by atoms with Gasteiger partial charge < -0.3 is 0 Å². The second-order valence-electron chi connectivity index (χ2n) is 16.2. The molecule has 1 aromatic carbocycles. The van der Waals surface area contributed by atoms with Gasteiger partial charge in [0.25, 0.3) is 0 Å². The molecule has 0 bridgehead atoms. The molecule has 9 heteroatoms. The zero-order valence-corrected chi connectivity index (χ0v) is 37.5. The molecule has 0 saturated carbocycles. The minimum absolute atomic E-state index is 0.763. The first kappa shape index (κ1) is 45.0. The van der Waals surface area contributed by atoms with E-state index in [1.165, 1.54) is 33.4 Å². The second-order valence-corrected chi connectivity index (χ2v) is 16.2. The van der Waals surface area contributed by atoms with Crippen molar-refractivity contribution in [2.75, 3.05) is 19.6 Å². The second kappa shape index (κ2) is 24.0. The summed E-state index contributed by atoms with van der Waals surface area (Å²) in [5.74, 6) is 0. The summed E-state index contributed by atoms with van der Waals surface area (Å²) in [5, 5.41) is 0. The maximum Gasteiger partial charge on any atom is 0.0544 e. The van der Waals surface area contributed by atoms with Crippen molar-refractivity contribution in [1.82, 2.24) is 44.6 Å². The third-order valence-electron chi connectivity index (χ3n) is 12.0. The largest absolute Gasteiger partial charge is 0.291 e. The summed E-state index contributed by atoms with van der Waals surface area (Å²) in [6.45, 7) is 14.4. The molecule has 0 atom stereocenters. The van der Waals surface area contributed by atoms with E-state index in [-0.39, 0.29) is 0 Å². The Morgan fingerprint density at radius 1 is 0.286 bits per heavy atom. The molecule has 6 heterocycles. The first-order valence-electron chi connectivity index (χ1n) is 22.8. The molecular weight excluding hydrogens is 775 g/mol. The van der Waals surface area contributed by atoms with Crippen LogP contribution in [0.4, 0.5) is 0 Å². The molecule has 63 heavy (non-hydrogen) atoms. The molecule has 7 aromatic rings. The van der Waals surface area contributed by atoms with Gasteiger partial charge in [0.2, 0.25) is 0 Å². The van der Waals surface area contributed by atoms with Crippen molar-refractivity contribution in [3.63, 3.8) is 0 Å². The maximum absolute atomic E-state index is 4.75. The number of nitrogens with zero attached hydrogens (tertiary/aromatic N) is 9. The lowest BCUT2D eigenvalue weighted by molar-refractivity contribution is 0.251. The van der Waals surface area contributed by atoms with Crippen LogP contribution in [-0.4, -0.2) is 64.2 Å². The van der Waals surface area contributed by atoms with Crippen LogP contribution in [0.2, 0.25) is 0 Å². The predicted octanol–water partition coefficient (Wildman–Crippen LogP) is 9.48. The van der Waals surface area contributed by atoms with Gasteiger partial charge in [-0.1, -0.05) is 57.2 Å². The minimum Gasteiger partial charge on any atom is -0.291 e. The fraction of sp³-hybridized carbons (Fsp3) is 0.333. The molecule has 0 aliphatic heterocycles. The number of hydrogen-bond acceptors (Lipinski definition) is 9. The Labute approximate surface area is 375 Å². The molecule has 7 rings (SSSR count). The number of aromatic nitrogens is 6. The Balaban J connectivity index is 1.26. The average molecular weight is 838 g/mol. The van der Waals surface area contributed by atoms with E-state index in [9.17, 15) is 0 Å². The van der Waals surface area contributed by atoms with Gasteiger partial charge in [0.05, 0.1) is 34.2 Å². The van der Waals surface area contributed by atoms with Crippen LogP contribution >= 0.6 is 0 Å². The van der Waals surface area contributed by atoms with Gasteiger partial charge in [-0.2, -0.15) is 0 Å². The van der Waals surface area contributed by atoms with Crippen LogP contribution in [0.1, 0.15) is 88.3 Å². The number of hydrogen-bond donors (Lipinski definition) is 0.